The third-order valence-electron chi connectivity index (χ3n) is 3.21. The van der Waals surface area contributed by atoms with Gasteiger partial charge in [0.25, 0.3) is 0 Å². The van der Waals surface area contributed by atoms with E-state index in [2.05, 4.69) is 23.8 Å². The van der Waals surface area contributed by atoms with Gasteiger partial charge in [0.1, 0.15) is 0 Å². The van der Waals surface area contributed by atoms with E-state index in [4.69, 9.17) is 0 Å². The van der Waals surface area contributed by atoms with Crippen LogP contribution in [0.25, 0.3) is 0 Å². The molecule has 112 valence electrons. The van der Waals surface area contributed by atoms with Crippen molar-refractivity contribution in [1.82, 2.24) is 5.32 Å². The molecule has 2 amide bonds. The predicted octanol–water partition coefficient (Wildman–Crippen LogP) is 3.25. The monoisotopic (exact) mass is 296 g/mol. The first-order chi connectivity index (χ1) is 9.43. The number of amides is 2. The number of rotatable bonds is 6. The smallest absolute Gasteiger partial charge is 0.319 e. The highest BCUT2D eigenvalue weighted by molar-refractivity contribution is 7.98. The summed E-state index contributed by atoms with van der Waals surface area (Å²) in [4.78, 5) is 11.8. The van der Waals surface area contributed by atoms with Crippen LogP contribution in [0.2, 0.25) is 0 Å². The second-order valence-electron chi connectivity index (χ2n) is 5.15. The van der Waals surface area contributed by atoms with Crippen LogP contribution in [0.5, 0.6) is 0 Å². The molecule has 0 spiro atoms. The fourth-order valence-electron chi connectivity index (χ4n) is 1.61. The molecule has 1 aromatic carbocycles. The van der Waals surface area contributed by atoms with Gasteiger partial charge in [-0.25, -0.2) is 4.79 Å². The van der Waals surface area contributed by atoms with Crippen molar-refractivity contribution in [2.45, 2.75) is 32.1 Å². The number of carbonyl (C=O) groups is 1. The summed E-state index contributed by atoms with van der Waals surface area (Å²) >= 11 is 1.76. The zero-order valence-corrected chi connectivity index (χ0v) is 13.3. The van der Waals surface area contributed by atoms with Gasteiger partial charge in [-0.2, -0.15) is 11.8 Å². The molecule has 3 N–H and O–H groups in total. The Morgan fingerprint density at radius 1 is 1.35 bits per heavy atom. The van der Waals surface area contributed by atoms with Gasteiger partial charge in [-0.15, -0.1) is 0 Å². The fraction of sp³-hybridized carbons (Fsp3) is 0.533. The molecule has 0 fully saturated rings. The van der Waals surface area contributed by atoms with E-state index in [1.54, 1.807) is 11.8 Å². The van der Waals surface area contributed by atoms with Crippen LogP contribution in [-0.2, 0) is 0 Å². The van der Waals surface area contributed by atoms with E-state index in [9.17, 15) is 9.90 Å². The van der Waals surface area contributed by atoms with Gasteiger partial charge in [-0.1, -0.05) is 26.0 Å². The van der Waals surface area contributed by atoms with Crippen molar-refractivity contribution in [2.24, 2.45) is 5.92 Å². The summed E-state index contributed by atoms with van der Waals surface area (Å²) in [6.07, 6.45) is 1.54. The van der Waals surface area contributed by atoms with Crippen molar-refractivity contribution in [1.29, 1.82) is 0 Å². The average molecular weight is 296 g/mol. The van der Waals surface area contributed by atoms with Crippen molar-refractivity contribution in [3.05, 3.63) is 29.8 Å². The molecule has 0 heterocycles. The van der Waals surface area contributed by atoms with E-state index in [0.29, 0.717) is 5.25 Å². The van der Waals surface area contributed by atoms with Gasteiger partial charge in [0.05, 0.1) is 6.10 Å². The molecular weight excluding hydrogens is 272 g/mol. The summed E-state index contributed by atoms with van der Waals surface area (Å²) in [6, 6.07) is 7.51. The molecule has 0 bridgehead atoms. The number of thioether (sulfide) groups is 1. The Morgan fingerprint density at radius 3 is 2.65 bits per heavy atom. The lowest BCUT2D eigenvalue weighted by Crippen LogP contribution is -2.37. The Hall–Kier alpha value is -1.20. The minimum atomic E-state index is -0.524. The number of carbonyl (C=O) groups excluding carboxylic acids is 1. The van der Waals surface area contributed by atoms with Gasteiger partial charge >= 0.3 is 6.03 Å². The van der Waals surface area contributed by atoms with Gasteiger partial charge in [-0.05, 0) is 36.8 Å². The molecule has 1 rings (SSSR count). The minimum absolute atomic E-state index is 0.126. The van der Waals surface area contributed by atoms with Crippen LogP contribution in [0.15, 0.2) is 24.3 Å². The van der Waals surface area contributed by atoms with E-state index in [0.717, 1.165) is 5.69 Å². The molecule has 0 aromatic heterocycles. The number of aliphatic hydroxyl groups excluding tert-OH is 1. The average Bonchev–Trinajstić information content (AvgIpc) is 2.43. The van der Waals surface area contributed by atoms with Crippen LogP contribution < -0.4 is 10.6 Å². The molecular formula is C15H24N2O2S. The molecule has 20 heavy (non-hydrogen) atoms. The quantitative estimate of drug-likeness (QED) is 0.755. The fourth-order valence-corrected chi connectivity index (χ4v) is 2.03. The molecule has 0 aliphatic heterocycles. The molecule has 4 nitrogen and oxygen atoms in total. The largest absolute Gasteiger partial charge is 0.391 e. The Labute approximate surface area is 125 Å². The maximum atomic E-state index is 11.8. The minimum Gasteiger partial charge on any atom is -0.391 e. The molecule has 0 aliphatic rings. The summed E-state index contributed by atoms with van der Waals surface area (Å²) in [7, 11) is 0. The first-order valence-electron chi connectivity index (χ1n) is 6.79. The molecule has 5 heteroatoms. The van der Waals surface area contributed by atoms with Gasteiger partial charge in [0.2, 0.25) is 0 Å². The number of aliphatic hydroxyl groups is 1. The molecule has 2 atom stereocenters. The van der Waals surface area contributed by atoms with E-state index in [-0.39, 0.29) is 18.5 Å². The zero-order chi connectivity index (χ0) is 15.1. The maximum absolute atomic E-state index is 11.8. The molecule has 0 saturated carbocycles. The highest BCUT2D eigenvalue weighted by Crippen LogP contribution is 2.27. The van der Waals surface area contributed by atoms with Gasteiger partial charge < -0.3 is 15.7 Å². The molecule has 0 saturated heterocycles. The van der Waals surface area contributed by atoms with Crippen molar-refractivity contribution in [3.8, 4) is 0 Å². The van der Waals surface area contributed by atoms with Gasteiger partial charge in [0.15, 0.2) is 0 Å². The van der Waals surface area contributed by atoms with Crippen LogP contribution in [0, 0.1) is 5.92 Å². The Kier molecular flexibility index (Phi) is 6.88. The highest BCUT2D eigenvalue weighted by Gasteiger charge is 2.11. The van der Waals surface area contributed by atoms with Crippen LogP contribution in [-0.4, -0.2) is 30.0 Å². The van der Waals surface area contributed by atoms with Crippen LogP contribution in [0.1, 0.15) is 31.6 Å². The van der Waals surface area contributed by atoms with E-state index in [1.165, 1.54) is 5.56 Å². The maximum Gasteiger partial charge on any atom is 0.319 e. The second-order valence-corrected chi connectivity index (χ2v) is 6.33. The lowest BCUT2D eigenvalue weighted by Gasteiger charge is -2.16. The van der Waals surface area contributed by atoms with Gasteiger partial charge in [-0.3, -0.25) is 0 Å². The summed E-state index contributed by atoms with van der Waals surface area (Å²) in [5, 5.41) is 15.5. The van der Waals surface area contributed by atoms with Crippen molar-refractivity contribution < 1.29 is 9.90 Å². The zero-order valence-electron chi connectivity index (χ0n) is 12.5. The van der Waals surface area contributed by atoms with E-state index < -0.39 is 6.10 Å². The summed E-state index contributed by atoms with van der Waals surface area (Å²) in [5.74, 6) is 0.126. The van der Waals surface area contributed by atoms with Crippen molar-refractivity contribution >= 4 is 23.5 Å². The number of nitrogens with one attached hydrogen (secondary N) is 2. The van der Waals surface area contributed by atoms with Crippen LogP contribution in [0.4, 0.5) is 10.5 Å². The number of urea groups is 1. The van der Waals surface area contributed by atoms with Crippen LogP contribution in [0.3, 0.4) is 0 Å². The summed E-state index contributed by atoms with van der Waals surface area (Å²) < 4.78 is 0. The Morgan fingerprint density at radius 2 is 2.05 bits per heavy atom. The Balaban J connectivity index is 2.54. The van der Waals surface area contributed by atoms with E-state index >= 15 is 0 Å². The molecule has 0 aliphatic carbocycles. The predicted molar refractivity (Wildman–Crippen MR) is 86.2 cm³/mol. The topological polar surface area (TPSA) is 61.4 Å². The number of hydrogen-bond donors (Lipinski definition) is 3. The third kappa shape index (κ3) is 5.43. The van der Waals surface area contributed by atoms with Crippen molar-refractivity contribution in [3.63, 3.8) is 0 Å². The van der Waals surface area contributed by atoms with E-state index in [1.807, 2.05) is 38.1 Å². The Bertz CT molecular complexity index is 438. The second kappa shape index (κ2) is 8.17. The highest BCUT2D eigenvalue weighted by atomic mass is 32.2. The first kappa shape index (κ1) is 16.9. The number of benzene rings is 1. The lowest BCUT2D eigenvalue weighted by atomic mass is 10.1. The van der Waals surface area contributed by atoms with Gasteiger partial charge in [0, 0.05) is 17.5 Å². The van der Waals surface area contributed by atoms with Crippen molar-refractivity contribution in [2.75, 3.05) is 18.1 Å². The lowest BCUT2D eigenvalue weighted by molar-refractivity contribution is 0.126. The number of anilines is 1. The molecule has 1 aromatic rings. The first-order valence-corrected chi connectivity index (χ1v) is 8.08. The number of hydrogen-bond acceptors (Lipinski definition) is 3. The summed E-state index contributed by atoms with van der Waals surface area (Å²) in [6.45, 7) is 6.21. The summed E-state index contributed by atoms with van der Waals surface area (Å²) in [5.41, 5.74) is 1.94. The standard InChI is InChI=1S/C15H24N2O2S/c1-10(2)14(18)9-16-15(19)17-13-7-5-6-12(8-13)11(3)20-4/h5-8,10-11,14,18H,9H2,1-4H3,(H2,16,17,19)/t11-,14-/m1/s1. The normalized spacial score (nSPS) is 13.9. The van der Waals surface area contributed by atoms with Crippen LogP contribution >= 0.6 is 11.8 Å². The SMILES string of the molecule is CS[C@H](C)c1cccc(NC(=O)NC[C@@H](O)C(C)C)c1. The third-order valence-corrected chi connectivity index (χ3v) is 4.19. The molecule has 0 radical (unpaired) electrons. The molecule has 0 unspecified atom stereocenters.